The molecule has 1 aliphatic rings. The minimum atomic E-state index is -0.961. The Morgan fingerprint density at radius 1 is 0.800 bits per heavy atom. The molecule has 16 heteroatoms. The van der Waals surface area contributed by atoms with Crippen molar-refractivity contribution in [1.29, 1.82) is 0 Å². The maximum absolute atomic E-state index is 12.5. The SMILES string of the molecule is CC(=O)CCCN1C(=O)CC(SCCCC(=O)NC(C)C(=O)NC(C)C(=O)NC(C)C(=O)NCSCCCCCC(=O)O)C1=O. The molecule has 1 fully saturated rings. The van der Waals surface area contributed by atoms with Gasteiger partial charge in [0.05, 0.1) is 11.1 Å². The number of carboxylic acid groups (broad SMARTS) is 1. The Bertz CT molecular complexity index is 1070. The summed E-state index contributed by atoms with van der Waals surface area (Å²) in [6, 6.07) is -2.72. The molecule has 1 aliphatic heterocycles. The van der Waals surface area contributed by atoms with Crippen molar-refractivity contribution in [1.82, 2.24) is 26.2 Å². The van der Waals surface area contributed by atoms with Gasteiger partial charge in [-0.2, -0.15) is 0 Å². The number of Topliss-reactive ketones (excluding diaryl/α,β-unsaturated/α-hetero) is 1. The first-order valence-corrected chi connectivity index (χ1v) is 17.4. The third-order valence-corrected chi connectivity index (χ3v) is 9.00. The topological polar surface area (TPSA) is 208 Å². The van der Waals surface area contributed by atoms with Gasteiger partial charge in [-0.15, -0.1) is 23.5 Å². The Balaban J connectivity index is 2.26. The smallest absolute Gasteiger partial charge is 0.303 e. The number of amides is 6. The number of nitrogens with zero attached hydrogens (tertiary/aromatic N) is 1. The summed E-state index contributed by atoms with van der Waals surface area (Å²) in [4.78, 5) is 97.0. The third-order valence-electron chi connectivity index (χ3n) is 6.78. The fraction of sp³-hybridized carbons (Fsp3) is 0.724. The number of imide groups is 1. The van der Waals surface area contributed by atoms with Crippen LogP contribution in [-0.2, 0) is 38.4 Å². The predicted octanol–water partition coefficient (Wildman–Crippen LogP) is 0.963. The van der Waals surface area contributed by atoms with Crippen molar-refractivity contribution in [3.63, 3.8) is 0 Å². The zero-order chi connectivity index (χ0) is 33.9. The molecule has 1 saturated heterocycles. The van der Waals surface area contributed by atoms with E-state index in [4.69, 9.17) is 5.11 Å². The van der Waals surface area contributed by atoms with Crippen LogP contribution in [0, 0.1) is 0 Å². The largest absolute Gasteiger partial charge is 0.481 e. The molecule has 0 aliphatic carbocycles. The van der Waals surface area contributed by atoms with E-state index >= 15 is 0 Å². The lowest BCUT2D eigenvalue weighted by Gasteiger charge is -2.20. The van der Waals surface area contributed by atoms with Gasteiger partial charge in [-0.05, 0) is 64.9 Å². The van der Waals surface area contributed by atoms with Crippen molar-refractivity contribution in [3.05, 3.63) is 0 Å². The molecule has 0 bridgehead atoms. The summed E-state index contributed by atoms with van der Waals surface area (Å²) in [7, 11) is 0. The first-order chi connectivity index (χ1) is 21.2. The molecule has 5 N–H and O–H groups in total. The van der Waals surface area contributed by atoms with Crippen LogP contribution >= 0.6 is 23.5 Å². The zero-order valence-corrected chi connectivity index (χ0v) is 28.1. The molecule has 6 amide bonds. The summed E-state index contributed by atoms with van der Waals surface area (Å²) in [6.45, 7) is 6.15. The number of ketones is 1. The summed E-state index contributed by atoms with van der Waals surface area (Å²) in [6.07, 6.45) is 3.78. The van der Waals surface area contributed by atoms with E-state index in [0.717, 1.165) is 18.6 Å². The van der Waals surface area contributed by atoms with E-state index in [1.807, 2.05) is 0 Å². The summed E-state index contributed by atoms with van der Waals surface area (Å²) >= 11 is 2.80. The highest BCUT2D eigenvalue weighted by atomic mass is 32.2. The molecule has 1 heterocycles. The van der Waals surface area contributed by atoms with Crippen molar-refractivity contribution in [2.24, 2.45) is 0 Å². The molecule has 0 aromatic rings. The second kappa shape index (κ2) is 21.6. The average molecular weight is 674 g/mol. The van der Waals surface area contributed by atoms with Crippen molar-refractivity contribution < 1.29 is 43.5 Å². The molecule has 0 saturated carbocycles. The van der Waals surface area contributed by atoms with E-state index in [-0.39, 0.29) is 55.2 Å². The Kier molecular flexibility index (Phi) is 19.1. The van der Waals surface area contributed by atoms with Crippen molar-refractivity contribution in [2.45, 2.75) is 109 Å². The number of carboxylic acids is 1. The number of carbonyl (C=O) groups excluding carboxylic acids is 7. The first kappa shape index (κ1) is 39.9. The lowest BCUT2D eigenvalue weighted by Crippen LogP contribution is -2.54. The van der Waals surface area contributed by atoms with Gasteiger partial charge in [-0.3, -0.25) is 38.5 Å². The van der Waals surface area contributed by atoms with Crippen LogP contribution in [0.4, 0.5) is 0 Å². The number of thioether (sulfide) groups is 2. The number of hydrogen-bond acceptors (Lipinski definition) is 10. The van der Waals surface area contributed by atoms with Crippen LogP contribution in [-0.4, -0.2) is 105 Å². The number of rotatable bonds is 23. The Hall–Kier alpha value is -3.14. The van der Waals surface area contributed by atoms with Crippen molar-refractivity contribution in [2.75, 3.05) is 23.9 Å². The van der Waals surface area contributed by atoms with E-state index < -0.39 is 41.2 Å². The van der Waals surface area contributed by atoms with Crippen molar-refractivity contribution in [3.8, 4) is 0 Å². The van der Waals surface area contributed by atoms with Crippen LogP contribution in [0.3, 0.4) is 0 Å². The molecular weight excluding hydrogens is 626 g/mol. The molecule has 45 heavy (non-hydrogen) atoms. The molecule has 4 atom stereocenters. The van der Waals surface area contributed by atoms with Crippen LogP contribution in [0.25, 0.3) is 0 Å². The lowest BCUT2D eigenvalue weighted by atomic mass is 10.2. The first-order valence-electron chi connectivity index (χ1n) is 15.2. The van der Waals surface area contributed by atoms with Crippen LogP contribution in [0.5, 0.6) is 0 Å². The number of aliphatic carboxylic acids is 1. The number of likely N-dealkylation sites (tertiary alicyclic amines) is 1. The van der Waals surface area contributed by atoms with Crippen LogP contribution in [0.1, 0.15) is 85.5 Å². The van der Waals surface area contributed by atoms with Crippen molar-refractivity contribution >= 4 is 70.7 Å². The van der Waals surface area contributed by atoms with Gasteiger partial charge in [-0.25, -0.2) is 0 Å². The van der Waals surface area contributed by atoms with E-state index in [2.05, 4.69) is 21.3 Å². The molecule has 0 spiro atoms. The van der Waals surface area contributed by atoms with Crippen LogP contribution < -0.4 is 21.3 Å². The maximum atomic E-state index is 12.5. The zero-order valence-electron chi connectivity index (χ0n) is 26.5. The normalized spacial score (nSPS) is 16.4. The second-order valence-electron chi connectivity index (χ2n) is 10.9. The highest BCUT2D eigenvalue weighted by Crippen LogP contribution is 2.26. The Morgan fingerprint density at radius 2 is 1.42 bits per heavy atom. The highest BCUT2D eigenvalue weighted by Gasteiger charge is 2.38. The number of nitrogens with one attached hydrogen (secondary N) is 4. The summed E-state index contributed by atoms with van der Waals surface area (Å²) in [5.41, 5.74) is 0. The fourth-order valence-electron chi connectivity index (χ4n) is 4.15. The minimum absolute atomic E-state index is 0.00342. The standard InChI is InChI=1S/C29H47N5O9S2/c1-18(35)10-8-13-34-24(37)16-22(29(34)43)45-15-9-11-23(36)31-20(3)27(41)33-21(4)28(42)32-19(2)26(40)30-17-44-14-7-5-6-12-25(38)39/h19-22H,5-17H2,1-4H3,(H,30,40)(H,31,36)(H,32,42)(H,33,41)(H,38,39). The molecule has 0 aromatic heterocycles. The van der Waals surface area contributed by atoms with Gasteiger partial charge < -0.3 is 31.2 Å². The van der Waals surface area contributed by atoms with E-state index in [0.29, 0.717) is 37.3 Å². The number of unbranched alkanes of at least 4 members (excludes halogenated alkanes) is 2. The van der Waals surface area contributed by atoms with Crippen LogP contribution in [0.15, 0.2) is 0 Å². The number of hydrogen-bond donors (Lipinski definition) is 5. The second-order valence-corrected chi connectivity index (χ2v) is 13.3. The molecule has 0 aromatic carbocycles. The van der Waals surface area contributed by atoms with Gasteiger partial charge in [0, 0.05) is 32.2 Å². The molecule has 254 valence electrons. The van der Waals surface area contributed by atoms with Gasteiger partial charge in [-0.1, -0.05) is 6.42 Å². The summed E-state index contributed by atoms with van der Waals surface area (Å²) in [5, 5.41) is 18.5. The quantitative estimate of drug-likeness (QED) is 0.0586. The molecule has 4 unspecified atom stereocenters. The molecule has 1 rings (SSSR count). The Labute approximate surface area is 272 Å². The average Bonchev–Trinajstić information content (AvgIpc) is 3.23. The summed E-state index contributed by atoms with van der Waals surface area (Å²) < 4.78 is 0. The highest BCUT2D eigenvalue weighted by molar-refractivity contribution is 8.00. The lowest BCUT2D eigenvalue weighted by molar-refractivity contribution is -0.139. The van der Waals surface area contributed by atoms with E-state index in [1.165, 1.54) is 56.1 Å². The summed E-state index contributed by atoms with van der Waals surface area (Å²) in [5.74, 6) is -1.65. The fourth-order valence-corrected chi connectivity index (χ4v) is 6.08. The van der Waals surface area contributed by atoms with Gasteiger partial charge in [0.15, 0.2) is 0 Å². The van der Waals surface area contributed by atoms with Gasteiger partial charge >= 0.3 is 5.97 Å². The Morgan fingerprint density at radius 3 is 2.04 bits per heavy atom. The monoisotopic (exact) mass is 673 g/mol. The minimum Gasteiger partial charge on any atom is -0.481 e. The molecule has 14 nitrogen and oxygen atoms in total. The third kappa shape index (κ3) is 16.7. The van der Waals surface area contributed by atoms with Gasteiger partial charge in [0.25, 0.3) is 0 Å². The molecule has 0 radical (unpaired) electrons. The molecular formula is C29H47N5O9S2. The van der Waals surface area contributed by atoms with E-state index in [1.54, 1.807) is 0 Å². The van der Waals surface area contributed by atoms with Gasteiger partial charge in [0.1, 0.15) is 23.9 Å². The maximum Gasteiger partial charge on any atom is 0.303 e. The van der Waals surface area contributed by atoms with Gasteiger partial charge in [0.2, 0.25) is 35.4 Å². The predicted molar refractivity (Wildman–Crippen MR) is 171 cm³/mol. The number of carbonyl (C=O) groups is 8. The van der Waals surface area contributed by atoms with Crippen LogP contribution in [0.2, 0.25) is 0 Å². The van der Waals surface area contributed by atoms with E-state index in [9.17, 15) is 38.4 Å².